The normalized spacial score (nSPS) is 25.8. The van der Waals surface area contributed by atoms with E-state index in [0.717, 1.165) is 19.1 Å². The maximum atomic E-state index is 6.03. The lowest BCUT2D eigenvalue weighted by Crippen LogP contribution is -2.39. The van der Waals surface area contributed by atoms with Gasteiger partial charge in [0.25, 0.3) is 0 Å². The van der Waals surface area contributed by atoms with Gasteiger partial charge in [-0.1, -0.05) is 34.1 Å². The minimum Gasteiger partial charge on any atom is -0.378 e. The number of nitrogens with zero attached hydrogens (tertiary/aromatic N) is 1. The first-order valence-electron chi connectivity index (χ1n) is 8.75. The van der Waals surface area contributed by atoms with Crippen molar-refractivity contribution in [3.05, 3.63) is 11.7 Å². The summed E-state index contributed by atoms with van der Waals surface area (Å²) in [6, 6.07) is 0. The summed E-state index contributed by atoms with van der Waals surface area (Å²) in [6.07, 6.45) is 8.70. The zero-order chi connectivity index (χ0) is 16.0. The lowest BCUT2D eigenvalue weighted by molar-refractivity contribution is -0.0752. The van der Waals surface area contributed by atoms with Crippen LogP contribution >= 0.6 is 11.3 Å². The summed E-state index contributed by atoms with van der Waals surface area (Å²) in [4.78, 5) is 4.14. The van der Waals surface area contributed by atoms with Crippen molar-refractivity contribution in [2.75, 3.05) is 18.5 Å². The van der Waals surface area contributed by atoms with E-state index in [2.05, 4.69) is 38.0 Å². The summed E-state index contributed by atoms with van der Waals surface area (Å²) in [5.41, 5.74) is 2.34. The van der Waals surface area contributed by atoms with Gasteiger partial charge in [0, 0.05) is 13.2 Å². The largest absolute Gasteiger partial charge is 0.378 e. The van der Waals surface area contributed by atoms with Crippen LogP contribution in [0.4, 0.5) is 5.00 Å². The number of aromatic nitrogens is 1. The first-order valence-corrected chi connectivity index (χ1v) is 9.63. The molecular weight excluding hydrogens is 292 g/mol. The molecule has 0 amide bonds. The molecule has 2 atom stereocenters. The van der Waals surface area contributed by atoms with Crippen molar-refractivity contribution in [1.82, 2.24) is 4.98 Å². The van der Waals surface area contributed by atoms with Gasteiger partial charge in [0.15, 0.2) is 0 Å². The average Bonchev–Trinajstić information content (AvgIpc) is 2.99. The second-order valence-electron chi connectivity index (χ2n) is 7.58. The molecule has 2 rings (SSSR count). The molecule has 1 aromatic rings. The van der Waals surface area contributed by atoms with Gasteiger partial charge < -0.3 is 10.1 Å². The summed E-state index contributed by atoms with van der Waals surface area (Å²) >= 11 is 1.69. The van der Waals surface area contributed by atoms with Crippen LogP contribution in [0.25, 0.3) is 0 Å². The molecule has 0 aromatic carbocycles. The lowest BCUT2D eigenvalue weighted by atomic mass is 9.69. The van der Waals surface area contributed by atoms with Crippen molar-refractivity contribution in [2.45, 2.75) is 65.9 Å². The highest BCUT2D eigenvalue weighted by atomic mass is 32.1. The number of thiazole rings is 1. The molecule has 0 unspecified atom stereocenters. The van der Waals surface area contributed by atoms with E-state index >= 15 is 0 Å². The number of anilines is 1. The van der Waals surface area contributed by atoms with E-state index < -0.39 is 0 Å². The Morgan fingerprint density at radius 2 is 2.18 bits per heavy atom. The predicted octanol–water partition coefficient (Wildman–Crippen LogP) is 5.20. The van der Waals surface area contributed by atoms with Crippen molar-refractivity contribution in [2.24, 2.45) is 17.3 Å². The molecule has 0 radical (unpaired) electrons. The van der Waals surface area contributed by atoms with Crippen LogP contribution in [0.15, 0.2) is 11.7 Å². The molecule has 1 aromatic heterocycles. The summed E-state index contributed by atoms with van der Waals surface area (Å²) in [6.45, 7) is 11.2. The summed E-state index contributed by atoms with van der Waals surface area (Å²) < 4.78 is 6.03. The monoisotopic (exact) mass is 324 g/mol. The topological polar surface area (TPSA) is 34.2 Å². The zero-order valence-electron chi connectivity index (χ0n) is 14.6. The Bertz CT molecular complexity index is 419. The molecule has 22 heavy (non-hydrogen) atoms. The number of hydrogen-bond donors (Lipinski definition) is 1. The Labute approximate surface area is 139 Å². The Morgan fingerprint density at radius 3 is 2.82 bits per heavy atom. The predicted molar refractivity (Wildman–Crippen MR) is 95.5 cm³/mol. The minimum atomic E-state index is 0.435. The highest BCUT2D eigenvalue weighted by molar-refractivity contribution is 7.13. The quantitative estimate of drug-likeness (QED) is 0.713. The first kappa shape index (κ1) is 17.7. The van der Waals surface area contributed by atoms with Crippen LogP contribution in [0.3, 0.4) is 0 Å². The Hall–Kier alpha value is -0.610. The molecular formula is C18H32N2OS. The van der Waals surface area contributed by atoms with Crippen molar-refractivity contribution in [3.63, 3.8) is 0 Å². The molecule has 0 aliphatic carbocycles. The Balaban J connectivity index is 1.94. The van der Waals surface area contributed by atoms with Crippen LogP contribution in [0, 0.1) is 17.3 Å². The maximum absolute atomic E-state index is 6.03. The van der Waals surface area contributed by atoms with Gasteiger partial charge in [-0.05, 0) is 42.9 Å². The minimum absolute atomic E-state index is 0.435. The summed E-state index contributed by atoms with van der Waals surface area (Å²) in [5.74, 6) is 1.40. The van der Waals surface area contributed by atoms with E-state index in [1.807, 2.05) is 11.7 Å². The maximum Gasteiger partial charge on any atom is 0.108 e. The van der Waals surface area contributed by atoms with Crippen molar-refractivity contribution >= 4 is 16.3 Å². The molecule has 1 fully saturated rings. The molecule has 0 bridgehead atoms. The fourth-order valence-electron chi connectivity index (χ4n) is 3.37. The van der Waals surface area contributed by atoms with Crippen molar-refractivity contribution in [1.29, 1.82) is 0 Å². The second-order valence-corrected chi connectivity index (χ2v) is 8.47. The molecule has 1 saturated heterocycles. The van der Waals surface area contributed by atoms with Crippen LogP contribution in [-0.2, 0) is 4.74 Å². The van der Waals surface area contributed by atoms with E-state index in [-0.39, 0.29) is 0 Å². The number of nitrogens with one attached hydrogen (secondary N) is 1. The molecule has 1 aliphatic heterocycles. The third kappa shape index (κ3) is 5.24. The summed E-state index contributed by atoms with van der Waals surface area (Å²) in [7, 11) is 0. The van der Waals surface area contributed by atoms with Gasteiger partial charge in [-0.2, -0.15) is 0 Å². The second kappa shape index (κ2) is 8.30. The molecule has 4 heteroatoms. The van der Waals surface area contributed by atoms with Gasteiger partial charge in [0.1, 0.15) is 5.00 Å². The third-order valence-electron chi connectivity index (χ3n) is 4.98. The average molecular weight is 325 g/mol. The zero-order valence-corrected chi connectivity index (χ0v) is 15.4. The van der Waals surface area contributed by atoms with Crippen LogP contribution in [0.2, 0.25) is 0 Å². The van der Waals surface area contributed by atoms with Gasteiger partial charge in [-0.15, -0.1) is 11.3 Å². The highest BCUT2D eigenvalue weighted by Crippen LogP contribution is 2.43. The van der Waals surface area contributed by atoms with E-state index in [9.17, 15) is 0 Å². The standard InChI is InChI=1S/C18H32N2OS/c1-14(2)5-6-18(7-9-20-17-12-19-13-22-17)8-10-21-16(11-18)15(3)4/h12-16,20H,5-11H2,1-4H3/t16-,18+/m0/s1. The highest BCUT2D eigenvalue weighted by Gasteiger charge is 2.37. The van der Waals surface area contributed by atoms with Crippen LogP contribution in [0.1, 0.15) is 59.8 Å². The fraction of sp³-hybridized carbons (Fsp3) is 0.833. The SMILES string of the molecule is CC(C)CC[C@@]1(CCNc2cncs2)CCO[C@H](C(C)C)C1. The molecule has 0 spiro atoms. The Kier molecular flexibility index (Phi) is 6.69. The number of hydrogen-bond acceptors (Lipinski definition) is 4. The van der Waals surface area contributed by atoms with E-state index in [0.29, 0.717) is 17.4 Å². The molecule has 1 N–H and O–H groups in total. The van der Waals surface area contributed by atoms with Gasteiger partial charge >= 0.3 is 0 Å². The van der Waals surface area contributed by atoms with Gasteiger partial charge in [0.05, 0.1) is 17.8 Å². The number of rotatable bonds is 8. The van der Waals surface area contributed by atoms with Gasteiger partial charge in [-0.25, -0.2) is 0 Å². The third-order valence-corrected chi connectivity index (χ3v) is 5.71. The lowest BCUT2D eigenvalue weighted by Gasteiger charge is -2.43. The first-order chi connectivity index (χ1) is 10.5. The van der Waals surface area contributed by atoms with E-state index in [4.69, 9.17) is 4.74 Å². The van der Waals surface area contributed by atoms with Crippen LogP contribution < -0.4 is 5.32 Å². The molecule has 1 aliphatic rings. The van der Waals surface area contributed by atoms with E-state index in [1.54, 1.807) is 11.3 Å². The molecule has 3 nitrogen and oxygen atoms in total. The molecule has 126 valence electrons. The van der Waals surface area contributed by atoms with Crippen LogP contribution in [-0.4, -0.2) is 24.2 Å². The van der Waals surface area contributed by atoms with Crippen LogP contribution in [0.5, 0.6) is 0 Å². The van der Waals surface area contributed by atoms with Crippen molar-refractivity contribution < 1.29 is 4.74 Å². The fourth-order valence-corrected chi connectivity index (χ4v) is 3.91. The van der Waals surface area contributed by atoms with Crippen molar-refractivity contribution in [3.8, 4) is 0 Å². The molecule has 0 saturated carbocycles. The number of ether oxygens (including phenoxy) is 1. The molecule has 2 heterocycles. The Morgan fingerprint density at radius 1 is 1.36 bits per heavy atom. The summed E-state index contributed by atoms with van der Waals surface area (Å²) in [5, 5.41) is 4.73. The van der Waals surface area contributed by atoms with E-state index in [1.165, 1.54) is 37.1 Å². The van der Waals surface area contributed by atoms with Gasteiger partial charge in [0.2, 0.25) is 0 Å². The van der Waals surface area contributed by atoms with Gasteiger partial charge in [-0.3, -0.25) is 4.98 Å². The smallest absolute Gasteiger partial charge is 0.108 e.